The number of imidazole rings is 1. The lowest BCUT2D eigenvalue weighted by Crippen LogP contribution is -2.17. The van der Waals surface area contributed by atoms with Crippen LogP contribution in [0.25, 0.3) is 0 Å². The van der Waals surface area contributed by atoms with E-state index >= 15 is 0 Å². The molecular weight excluding hydrogens is 230 g/mol. The third kappa shape index (κ3) is 5.02. The second kappa shape index (κ2) is 6.94. The molecule has 98 valence electrons. The van der Waals surface area contributed by atoms with Crippen LogP contribution in [0.3, 0.4) is 0 Å². The summed E-state index contributed by atoms with van der Waals surface area (Å²) in [7, 11) is 0. The molecule has 1 heterocycles. The highest BCUT2D eigenvalue weighted by molar-refractivity contribution is 7.98. The van der Waals surface area contributed by atoms with E-state index in [9.17, 15) is 0 Å². The zero-order valence-corrected chi connectivity index (χ0v) is 12.5. The van der Waals surface area contributed by atoms with Crippen molar-refractivity contribution in [3.63, 3.8) is 0 Å². The zero-order valence-electron chi connectivity index (χ0n) is 11.7. The Morgan fingerprint density at radius 2 is 2.12 bits per heavy atom. The topological polar surface area (TPSA) is 29.9 Å². The van der Waals surface area contributed by atoms with E-state index < -0.39 is 0 Å². The maximum absolute atomic E-state index is 4.54. The van der Waals surface area contributed by atoms with Crippen molar-refractivity contribution in [1.29, 1.82) is 0 Å². The van der Waals surface area contributed by atoms with Crippen molar-refractivity contribution in [2.75, 3.05) is 23.9 Å². The highest BCUT2D eigenvalue weighted by Gasteiger charge is 2.08. The Bertz CT molecular complexity index is 333. The quantitative estimate of drug-likeness (QED) is 0.811. The van der Waals surface area contributed by atoms with Crippen LogP contribution >= 0.6 is 11.8 Å². The predicted octanol–water partition coefficient (Wildman–Crippen LogP) is 3.26. The number of aromatic nitrogens is 2. The van der Waals surface area contributed by atoms with Crippen LogP contribution in [-0.4, -0.2) is 28.1 Å². The molecule has 0 aliphatic carbocycles. The van der Waals surface area contributed by atoms with Gasteiger partial charge in [0.2, 0.25) is 5.95 Å². The SMILES string of the molecule is CSCC(C)CNc1nc(C)cn1CC(C)C. The van der Waals surface area contributed by atoms with Gasteiger partial charge in [0, 0.05) is 19.3 Å². The van der Waals surface area contributed by atoms with Gasteiger partial charge in [-0.2, -0.15) is 11.8 Å². The van der Waals surface area contributed by atoms with Gasteiger partial charge in [-0.1, -0.05) is 20.8 Å². The van der Waals surface area contributed by atoms with Crippen LogP contribution in [0, 0.1) is 18.8 Å². The molecule has 1 atom stereocenters. The van der Waals surface area contributed by atoms with Crippen LogP contribution in [0.4, 0.5) is 5.95 Å². The van der Waals surface area contributed by atoms with Crippen LogP contribution in [-0.2, 0) is 6.54 Å². The molecule has 0 radical (unpaired) electrons. The highest BCUT2D eigenvalue weighted by Crippen LogP contribution is 2.13. The van der Waals surface area contributed by atoms with Gasteiger partial charge in [0.1, 0.15) is 0 Å². The molecule has 0 saturated carbocycles. The molecule has 1 aromatic rings. The van der Waals surface area contributed by atoms with Crippen molar-refractivity contribution in [1.82, 2.24) is 9.55 Å². The molecule has 4 heteroatoms. The molecule has 0 saturated heterocycles. The summed E-state index contributed by atoms with van der Waals surface area (Å²) in [4.78, 5) is 4.54. The minimum Gasteiger partial charge on any atom is -0.355 e. The van der Waals surface area contributed by atoms with Crippen LogP contribution < -0.4 is 5.32 Å². The van der Waals surface area contributed by atoms with Crippen molar-refractivity contribution in [2.24, 2.45) is 11.8 Å². The van der Waals surface area contributed by atoms with Crippen molar-refractivity contribution in [3.8, 4) is 0 Å². The molecule has 0 aliphatic heterocycles. The molecule has 17 heavy (non-hydrogen) atoms. The summed E-state index contributed by atoms with van der Waals surface area (Å²) in [6.07, 6.45) is 4.28. The maximum Gasteiger partial charge on any atom is 0.203 e. The number of nitrogens with one attached hydrogen (secondary N) is 1. The molecule has 0 amide bonds. The van der Waals surface area contributed by atoms with Crippen molar-refractivity contribution < 1.29 is 0 Å². The third-order valence-electron chi connectivity index (χ3n) is 2.52. The van der Waals surface area contributed by atoms with Crippen LogP contribution in [0.15, 0.2) is 6.20 Å². The largest absolute Gasteiger partial charge is 0.355 e. The molecular formula is C13H25N3S. The van der Waals surface area contributed by atoms with E-state index in [2.05, 4.69) is 48.1 Å². The normalized spacial score (nSPS) is 13.1. The fourth-order valence-corrected chi connectivity index (χ4v) is 2.52. The smallest absolute Gasteiger partial charge is 0.203 e. The van der Waals surface area contributed by atoms with Crippen molar-refractivity contribution >= 4 is 17.7 Å². The lowest BCUT2D eigenvalue weighted by atomic mass is 10.2. The lowest BCUT2D eigenvalue weighted by molar-refractivity contribution is 0.524. The summed E-state index contributed by atoms with van der Waals surface area (Å²) in [5, 5.41) is 3.46. The van der Waals surface area contributed by atoms with Gasteiger partial charge in [-0.25, -0.2) is 4.98 Å². The Labute approximate surface area is 109 Å². The number of anilines is 1. The molecule has 0 bridgehead atoms. The molecule has 0 spiro atoms. The first-order valence-corrected chi connectivity index (χ1v) is 7.69. The number of hydrogen-bond donors (Lipinski definition) is 1. The Morgan fingerprint density at radius 1 is 1.41 bits per heavy atom. The molecule has 0 aromatic carbocycles. The Hall–Kier alpha value is -0.640. The first-order chi connectivity index (χ1) is 8.02. The summed E-state index contributed by atoms with van der Waals surface area (Å²) in [5.74, 6) is 3.53. The Morgan fingerprint density at radius 3 is 2.71 bits per heavy atom. The van der Waals surface area contributed by atoms with Crippen LogP contribution in [0.2, 0.25) is 0 Å². The molecule has 0 aliphatic rings. The van der Waals surface area contributed by atoms with Gasteiger partial charge in [-0.15, -0.1) is 0 Å². The van der Waals surface area contributed by atoms with E-state index in [0.717, 1.165) is 24.7 Å². The number of nitrogens with zero attached hydrogens (tertiary/aromatic N) is 2. The maximum atomic E-state index is 4.54. The molecule has 1 unspecified atom stereocenters. The van der Waals surface area contributed by atoms with Crippen LogP contribution in [0.1, 0.15) is 26.5 Å². The van der Waals surface area contributed by atoms with Gasteiger partial charge in [-0.05, 0) is 30.8 Å². The van der Waals surface area contributed by atoms with Gasteiger partial charge in [0.15, 0.2) is 0 Å². The molecule has 1 N–H and O–H groups in total. The van der Waals surface area contributed by atoms with Crippen molar-refractivity contribution in [3.05, 3.63) is 11.9 Å². The summed E-state index contributed by atoms with van der Waals surface area (Å²) in [5.41, 5.74) is 1.09. The van der Waals surface area contributed by atoms with E-state index in [1.54, 1.807) is 0 Å². The highest BCUT2D eigenvalue weighted by atomic mass is 32.2. The monoisotopic (exact) mass is 255 g/mol. The lowest BCUT2D eigenvalue weighted by Gasteiger charge is -2.14. The van der Waals surface area contributed by atoms with E-state index in [1.165, 1.54) is 5.75 Å². The fraction of sp³-hybridized carbons (Fsp3) is 0.769. The number of rotatable bonds is 7. The fourth-order valence-electron chi connectivity index (χ4n) is 1.83. The number of thioether (sulfide) groups is 1. The summed E-state index contributed by atoms with van der Waals surface area (Å²) in [6, 6.07) is 0. The van der Waals surface area contributed by atoms with Gasteiger partial charge >= 0.3 is 0 Å². The molecule has 1 rings (SSSR count). The zero-order chi connectivity index (χ0) is 12.8. The third-order valence-corrected chi connectivity index (χ3v) is 3.42. The van der Waals surface area contributed by atoms with Crippen molar-refractivity contribution in [2.45, 2.75) is 34.2 Å². The van der Waals surface area contributed by atoms with Gasteiger partial charge < -0.3 is 9.88 Å². The second-order valence-corrected chi connectivity index (χ2v) is 6.10. The van der Waals surface area contributed by atoms with E-state index in [-0.39, 0.29) is 0 Å². The Kier molecular flexibility index (Phi) is 5.89. The second-order valence-electron chi connectivity index (χ2n) is 5.19. The standard InChI is InChI=1S/C13H25N3S/c1-10(2)7-16-8-12(4)15-13(16)14-6-11(3)9-17-5/h8,10-11H,6-7,9H2,1-5H3,(H,14,15). The average molecular weight is 255 g/mol. The number of aryl methyl sites for hydroxylation is 1. The summed E-state index contributed by atoms with van der Waals surface area (Å²) in [6.45, 7) is 10.8. The summed E-state index contributed by atoms with van der Waals surface area (Å²) >= 11 is 1.90. The number of hydrogen-bond acceptors (Lipinski definition) is 3. The van der Waals surface area contributed by atoms with Gasteiger partial charge in [0.05, 0.1) is 5.69 Å². The first kappa shape index (κ1) is 14.4. The van der Waals surface area contributed by atoms with E-state index in [0.29, 0.717) is 11.8 Å². The van der Waals surface area contributed by atoms with E-state index in [1.807, 2.05) is 18.7 Å². The first-order valence-electron chi connectivity index (χ1n) is 6.29. The van der Waals surface area contributed by atoms with Gasteiger partial charge in [-0.3, -0.25) is 0 Å². The molecule has 1 aromatic heterocycles. The minimum absolute atomic E-state index is 0.646. The summed E-state index contributed by atoms with van der Waals surface area (Å²) < 4.78 is 2.23. The predicted molar refractivity (Wildman–Crippen MR) is 77.8 cm³/mol. The van der Waals surface area contributed by atoms with Gasteiger partial charge in [0.25, 0.3) is 0 Å². The molecule has 0 fully saturated rings. The Balaban J connectivity index is 2.57. The molecule has 3 nitrogen and oxygen atoms in total. The minimum atomic E-state index is 0.646. The average Bonchev–Trinajstić information content (AvgIpc) is 2.55. The van der Waals surface area contributed by atoms with Crippen LogP contribution in [0.5, 0.6) is 0 Å². The van der Waals surface area contributed by atoms with E-state index in [4.69, 9.17) is 0 Å².